The number of H-pyrrole nitrogens is 1. The van der Waals surface area contributed by atoms with E-state index in [1.807, 2.05) is 5.38 Å². The maximum atomic E-state index is 6.06. The molecule has 0 aliphatic carbocycles. The summed E-state index contributed by atoms with van der Waals surface area (Å²) in [4.78, 5) is 3.74. The molecule has 14 heavy (non-hydrogen) atoms. The fraction of sp³-hybridized carbons (Fsp3) is 0. The predicted octanol–water partition coefficient (Wildman–Crippen LogP) is -0.214. The van der Waals surface area contributed by atoms with Gasteiger partial charge in [0.1, 0.15) is 0 Å². The average Bonchev–Trinajstić information content (AvgIpc) is 2.83. The summed E-state index contributed by atoms with van der Waals surface area (Å²) < 4.78 is 0. The molecular formula is C6H11N7S. The van der Waals surface area contributed by atoms with Crippen molar-refractivity contribution in [1.82, 2.24) is 20.4 Å². The third-order valence-electron chi connectivity index (χ3n) is 0.678. The Morgan fingerprint density at radius 2 is 1.79 bits per heavy atom. The van der Waals surface area contributed by atoms with E-state index in [1.165, 1.54) is 0 Å². The Morgan fingerprint density at radius 1 is 1.21 bits per heavy atom. The van der Waals surface area contributed by atoms with Crippen LogP contribution in [0.15, 0.2) is 29.5 Å². The number of aromatic amines is 1. The van der Waals surface area contributed by atoms with E-state index in [0.717, 1.165) is 0 Å². The molecule has 0 bridgehead atoms. The van der Waals surface area contributed by atoms with E-state index in [1.54, 1.807) is 35.4 Å². The predicted molar refractivity (Wildman–Crippen MR) is 54.6 cm³/mol. The Labute approximate surface area is 84.7 Å². The fourth-order valence-corrected chi connectivity index (χ4v) is 0.694. The molecular weight excluding hydrogens is 202 g/mol. The van der Waals surface area contributed by atoms with Crippen LogP contribution in [-0.2, 0) is 0 Å². The Kier molecular flexibility index (Phi) is 7.85. The minimum absolute atomic E-state index is 0.333. The Bertz CT molecular complexity index is 225. The summed E-state index contributed by atoms with van der Waals surface area (Å²) in [6.07, 6.45) is 4.94. The number of guanidine groups is 1. The van der Waals surface area contributed by atoms with Crippen molar-refractivity contribution >= 4 is 17.3 Å². The lowest BCUT2D eigenvalue weighted by Crippen LogP contribution is -2.20. The number of aromatic nitrogens is 4. The van der Waals surface area contributed by atoms with Crippen molar-refractivity contribution in [1.29, 1.82) is 5.41 Å². The van der Waals surface area contributed by atoms with E-state index >= 15 is 0 Å². The third kappa shape index (κ3) is 12.7. The van der Waals surface area contributed by atoms with E-state index in [0.29, 0.717) is 0 Å². The molecule has 2 aromatic heterocycles. The highest BCUT2D eigenvalue weighted by molar-refractivity contribution is 7.07. The van der Waals surface area contributed by atoms with Gasteiger partial charge in [0.2, 0.25) is 0 Å². The van der Waals surface area contributed by atoms with Gasteiger partial charge in [-0.05, 0) is 0 Å². The molecule has 8 heteroatoms. The molecule has 0 aromatic carbocycles. The molecule has 0 fully saturated rings. The van der Waals surface area contributed by atoms with Crippen LogP contribution in [0.2, 0.25) is 0 Å². The normalized spacial score (nSPS) is 7.43. The highest BCUT2D eigenvalue weighted by Gasteiger charge is 1.59. The van der Waals surface area contributed by atoms with Crippen LogP contribution in [0.5, 0.6) is 0 Å². The highest BCUT2D eigenvalue weighted by Crippen LogP contribution is 1.85. The molecule has 76 valence electrons. The summed E-state index contributed by atoms with van der Waals surface area (Å²) >= 11 is 1.60. The van der Waals surface area contributed by atoms with Crippen molar-refractivity contribution < 1.29 is 0 Å². The van der Waals surface area contributed by atoms with Crippen LogP contribution < -0.4 is 11.5 Å². The summed E-state index contributed by atoms with van der Waals surface area (Å²) in [5, 5.41) is 17.3. The molecule has 2 heterocycles. The molecule has 0 atom stereocenters. The number of hydrogen-bond acceptors (Lipinski definition) is 5. The number of rotatable bonds is 0. The van der Waals surface area contributed by atoms with Crippen LogP contribution >= 0.6 is 11.3 Å². The first-order chi connectivity index (χ1) is 6.73. The van der Waals surface area contributed by atoms with E-state index in [4.69, 9.17) is 5.41 Å². The molecule has 2 aromatic rings. The molecule has 0 saturated carbocycles. The second-order valence-corrected chi connectivity index (χ2v) is 2.54. The number of nitrogens with one attached hydrogen (secondary N) is 2. The molecule has 7 nitrogen and oxygen atoms in total. The van der Waals surface area contributed by atoms with Crippen molar-refractivity contribution in [3.05, 3.63) is 29.5 Å². The third-order valence-corrected chi connectivity index (χ3v) is 1.20. The van der Waals surface area contributed by atoms with Crippen molar-refractivity contribution in [3.8, 4) is 0 Å². The van der Waals surface area contributed by atoms with Crippen molar-refractivity contribution in [3.63, 3.8) is 0 Å². The van der Waals surface area contributed by atoms with Gasteiger partial charge in [0.05, 0.1) is 17.9 Å². The second-order valence-electron chi connectivity index (χ2n) is 1.79. The quantitative estimate of drug-likeness (QED) is 0.355. The van der Waals surface area contributed by atoms with Gasteiger partial charge < -0.3 is 11.5 Å². The second kappa shape index (κ2) is 9.13. The van der Waals surface area contributed by atoms with Gasteiger partial charge in [-0.3, -0.25) is 10.4 Å². The van der Waals surface area contributed by atoms with Gasteiger partial charge in [-0.2, -0.15) is 15.4 Å². The maximum Gasteiger partial charge on any atom is 0.183 e. The van der Waals surface area contributed by atoms with E-state index in [-0.39, 0.29) is 5.96 Å². The zero-order chi connectivity index (χ0) is 10.6. The lowest BCUT2D eigenvalue weighted by Gasteiger charge is -1.69. The van der Waals surface area contributed by atoms with Crippen LogP contribution in [0.3, 0.4) is 0 Å². The standard InChI is InChI=1S/C3H3NS.C2H3N3.CH5N3/c1-2-5-3-4-1;1-2-4-5-3-1;2-1(3)4/h1-3H;1-2H,(H,3,4,5);(H5,2,3,4). The lowest BCUT2D eigenvalue weighted by atomic mass is 11.0. The Balaban J connectivity index is 0.000000183. The Morgan fingerprint density at radius 3 is 1.93 bits per heavy atom. The molecule has 0 amide bonds. The molecule has 0 radical (unpaired) electrons. The van der Waals surface area contributed by atoms with Crippen molar-refractivity contribution in [2.75, 3.05) is 0 Å². The molecule has 0 unspecified atom stereocenters. The minimum atomic E-state index is -0.333. The highest BCUT2D eigenvalue weighted by atomic mass is 32.1. The number of thiazole rings is 1. The first kappa shape index (κ1) is 12.0. The monoisotopic (exact) mass is 213 g/mol. The van der Waals surface area contributed by atoms with Gasteiger partial charge in [0.25, 0.3) is 0 Å². The minimum Gasteiger partial charge on any atom is -0.370 e. The lowest BCUT2D eigenvalue weighted by molar-refractivity contribution is 0.940. The smallest absolute Gasteiger partial charge is 0.183 e. The van der Waals surface area contributed by atoms with Gasteiger partial charge in [-0.25, -0.2) is 0 Å². The van der Waals surface area contributed by atoms with E-state index < -0.39 is 0 Å². The molecule has 0 spiro atoms. The zero-order valence-corrected chi connectivity index (χ0v) is 8.11. The van der Waals surface area contributed by atoms with E-state index in [9.17, 15) is 0 Å². The zero-order valence-electron chi connectivity index (χ0n) is 7.29. The van der Waals surface area contributed by atoms with Gasteiger partial charge in [0, 0.05) is 11.6 Å². The van der Waals surface area contributed by atoms with Crippen LogP contribution in [0, 0.1) is 5.41 Å². The van der Waals surface area contributed by atoms with Crippen LogP contribution in [-0.4, -0.2) is 26.4 Å². The first-order valence-electron chi connectivity index (χ1n) is 3.45. The molecule has 0 saturated heterocycles. The van der Waals surface area contributed by atoms with Crippen molar-refractivity contribution in [2.24, 2.45) is 11.5 Å². The topological polar surface area (TPSA) is 130 Å². The van der Waals surface area contributed by atoms with Crippen LogP contribution in [0.1, 0.15) is 0 Å². The molecule has 6 N–H and O–H groups in total. The summed E-state index contributed by atoms with van der Waals surface area (Å²) in [6, 6.07) is 0. The van der Waals surface area contributed by atoms with Gasteiger partial charge in [-0.15, -0.1) is 11.3 Å². The van der Waals surface area contributed by atoms with Gasteiger partial charge in [0.15, 0.2) is 5.96 Å². The summed E-state index contributed by atoms with van der Waals surface area (Å²) in [5.41, 5.74) is 10.7. The largest absolute Gasteiger partial charge is 0.370 e. The number of hydrogen-bond donors (Lipinski definition) is 4. The van der Waals surface area contributed by atoms with Crippen molar-refractivity contribution in [2.45, 2.75) is 0 Å². The van der Waals surface area contributed by atoms with Crippen LogP contribution in [0.25, 0.3) is 0 Å². The Hall–Kier alpha value is -1.96. The SMILES string of the molecule is N=C(N)N.c1cn[nH]n1.c1cscn1. The molecule has 0 aliphatic heterocycles. The fourth-order valence-electron chi connectivity index (χ4n) is 0.342. The number of nitrogens with two attached hydrogens (primary N) is 2. The number of nitrogens with zero attached hydrogens (tertiary/aromatic N) is 3. The first-order valence-corrected chi connectivity index (χ1v) is 4.39. The summed E-state index contributed by atoms with van der Waals surface area (Å²) in [5.74, 6) is -0.333. The summed E-state index contributed by atoms with van der Waals surface area (Å²) in [7, 11) is 0. The molecule has 0 aliphatic rings. The van der Waals surface area contributed by atoms with Gasteiger partial charge >= 0.3 is 0 Å². The summed E-state index contributed by atoms with van der Waals surface area (Å²) in [6.45, 7) is 0. The average molecular weight is 213 g/mol. The maximum absolute atomic E-state index is 6.06. The van der Waals surface area contributed by atoms with E-state index in [2.05, 4.69) is 31.9 Å². The van der Waals surface area contributed by atoms with Gasteiger partial charge in [-0.1, -0.05) is 0 Å². The van der Waals surface area contributed by atoms with Crippen LogP contribution in [0.4, 0.5) is 0 Å². The molecule has 2 rings (SSSR count).